The van der Waals surface area contributed by atoms with Crippen molar-refractivity contribution in [2.75, 3.05) is 12.0 Å². The highest BCUT2D eigenvalue weighted by Crippen LogP contribution is 2.19. The second kappa shape index (κ2) is 13.9. The van der Waals surface area contributed by atoms with Crippen molar-refractivity contribution < 1.29 is 24.3 Å². The molecule has 2 aromatic rings. The molecule has 0 fully saturated rings. The van der Waals surface area contributed by atoms with E-state index in [2.05, 4.69) is 20.9 Å². The number of amides is 3. The first kappa shape index (κ1) is 29.2. The van der Waals surface area contributed by atoms with E-state index >= 15 is 0 Å². The predicted molar refractivity (Wildman–Crippen MR) is 142 cm³/mol. The fraction of sp³-hybridized carbons (Fsp3) is 0.520. The van der Waals surface area contributed by atoms with Crippen LogP contribution in [0, 0.1) is 5.92 Å². The van der Waals surface area contributed by atoms with Gasteiger partial charge in [0.15, 0.2) is 0 Å². The van der Waals surface area contributed by atoms with Crippen LogP contribution in [0.2, 0.25) is 0 Å². The van der Waals surface area contributed by atoms with E-state index in [1.165, 1.54) is 6.92 Å². The first-order valence-corrected chi connectivity index (χ1v) is 13.4. The monoisotopic (exact) mass is 519 g/mol. The van der Waals surface area contributed by atoms with E-state index in [0.717, 1.165) is 16.5 Å². The van der Waals surface area contributed by atoms with Gasteiger partial charge in [0.05, 0.1) is 6.04 Å². The Labute approximate surface area is 215 Å². The number of carboxylic acid groups (broad SMARTS) is 1. The van der Waals surface area contributed by atoms with Gasteiger partial charge in [0.25, 0.3) is 0 Å². The molecule has 10 nitrogen and oxygen atoms in total. The first-order chi connectivity index (χ1) is 17.0. The Morgan fingerprint density at radius 1 is 1.00 bits per heavy atom. The van der Waals surface area contributed by atoms with E-state index in [1.54, 1.807) is 18.0 Å². The standard InChI is InChI=1S/C25H37N5O5S/c1-14(2)11-20(23(32)28-15(3)25(34)35)30-24(33)21(29-22(31)18(26)9-10-36-4)12-16-13-27-19-8-6-5-7-17(16)19/h5-8,13-15,18,20-21,27H,9-12,26H2,1-4H3,(H,28,32)(H,29,31)(H,30,33)(H,34,35). The van der Waals surface area contributed by atoms with Crippen molar-refractivity contribution in [2.24, 2.45) is 11.7 Å². The number of benzene rings is 1. The van der Waals surface area contributed by atoms with Gasteiger partial charge in [-0.05, 0) is 49.3 Å². The lowest BCUT2D eigenvalue weighted by molar-refractivity contribution is -0.141. The zero-order valence-electron chi connectivity index (χ0n) is 21.2. The molecule has 0 aliphatic rings. The van der Waals surface area contributed by atoms with Gasteiger partial charge in [-0.2, -0.15) is 11.8 Å². The van der Waals surface area contributed by atoms with Gasteiger partial charge >= 0.3 is 5.97 Å². The third-order valence-electron chi connectivity index (χ3n) is 5.77. The Morgan fingerprint density at radius 3 is 2.28 bits per heavy atom. The summed E-state index contributed by atoms with van der Waals surface area (Å²) in [5.74, 6) is -2.03. The number of nitrogens with one attached hydrogen (secondary N) is 4. The van der Waals surface area contributed by atoms with Gasteiger partial charge in [-0.25, -0.2) is 0 Å². The predicted octanol–water partition coefficient (Wildman–Crippen LogP) is 1.40. The van der Waals surface area contributed by atoms with Crippen LogP contribution in [0.4, 0.5) is 0 Å². The molecular formula is C25H37N5O5S. The van der Waals surface area contributed by atoms with E-state index < -0.39 is 47.9 Å². The third-order valence-corrected chi connectivity index (χ3v) is 6.41. The van der Waals surface area contributed by atoms with Gasteiger partial charge in [0.2, 0.25) is 17.7 Å². The summed E-state index contributed by atoms with van der Waals surface area (Å²) in [4.78, 5) is 53.4. The highest BCUT2D eigenvalue weighted by atomic mass is 32.2. The normalized spacial score (nSPS) is 14.6. The second-order valence-corrected chi connectivity index (χ2v) is 10.3. The lowest BCUT2D eigenvalue weighted by Crippen LogP contribution is -2.57. The van der Waals surface area contributed by atoms with E-state index in [0.29, 0.717) is 18.6 Å². The summed E-state index contributed by atoms with van der Waals surface area (Å²) in [6.07, 6.45) is 4.64. The summed E-state index contributed by atoms with van der Waals surface area (Å²) >= 11 is 1.57. The summed E-state index contributed by atoms with van der Waals surface area (Å²) in [6.45, 7) is 5.14. The summed E-state index contributed by atoms with van der Waals surface area (Å²) in [5, 5.41) is 18.0. The van der Waals surface area contributed by atoms with Crippen LogP contribution in [-0.4, -0.2) is 70.0 Å². The zero-order valence-corrected chi connectivity index (χ0v) is 22.0. The number of carboxylic acids is 1. The molecule has 0 aliphatic heterocycles. The van der Waals surface area contributed by atoms with E-state index in [1.807, 2.05) is 44.4 Å². The second-order valence-electron chi connectivity index (χ2n) is 9.27. The molecule has 0 saturated carbocycles. The van der Waals surface area contributed by atoms with Crippen molar-refractivity contribution in [1.29, 1.82) is 0 Å². The molecule has 2 rings (SSSR count). The van der Waals surface area contributed by atoms with Gasteiger partial charge in [0.1, 0.15) is 18.1 Å². The molecule has 11 heteroatoms. The average molecular weight is 520 g/mol. The molecule has 36 heavy (non-hydrogen) atoms. The molecule has 1 heterocycles. The number of rotatable bonds is 14. The van der Waals surface area contributed by atoms with Crippen molar-refractivity contribution in [3.8, 4) is 0 Å². The number of fused-ring (bicyclic) bond motifs is 1. The minimum atomic E-state index is -1.18. The molecule has 4 unspecified atom stereocenters. The summed E-state index contributed by atoms with van der Waals surface area (Å²) in [6, 6.07) is 3.78. The fourth-order valence-corrected chi connectivity index (χ4v) is 4.22. The number of H-pyrrole nitrogens is 1. The van der Waals surface area contributed by atoms with Crippen molar-refractivity contribution >= 4 is 46.4 Å². The van der Waals surface area contributed by atoms with E-state index in [4.69, 9.17) is 10.8 Å². The van der Waals surface area contributed by atoms with Crippen molar-refractivity contribution in [3.63, 3.8) is 0 Å². The Balaban J connectivity index is 2.27. The van der Waals surface area contributed by atoms with Crippen LogP contribution < -0.4 is 21.7 Å². The topological polar surface area (TPSA) is 166 Å². The number of aromatic nitrogens is 1. The van der Waals surface area contributed by atoms with Gasteiger partial charge in [0, 0.05) is 23.5 Å². The number of hydrogen-bond acceptors (Lipinski definition) is 6. The molecule has 7 N–H and O–H groups in total. The molecule has 4 atom stereocenters. The number of thioether (sulfide) groups is 1. The van der Waals surface area contributed by atoms with Crippen LogP contribution in [-0.2, 0) is 25.6 Å². The van der Waals surface area contributed by atoms with Crippen LogP contribution in [0.5, 0.6) is 0 Å². The zero-order chi connectivity index (χ0) is 26.8. The SMILES string of the molecule is CSCCC(N)C(=O)NC(Cc1c[nH]c2ccccc12)C(=O)NC(CC(C)C)C(=O)NC(C)C(=O)O. The third kappa shape index (κ3) is 8.56. The van der Waals surface area contributed by atoms with E-state index in [9.17, 15) is 19.2 Å². The Hall–Kier alpha value is -3.05. The highest BCUT2D eigenvalue weighted by Gasteiger charge is 2.30. The molecule has 198 valence electrons. The van der Waals surface area contributed by atoms with Gasteiger partial charge in [-0.15, -0.1) is 0 Å². The van der Waals surface area contributed by atoms with Crippen LogP contribution in [0.15, 0.2) is 30.5 Å². The van der Waals surface area contributed by atoms with Crippen LogP contribution in [0.3, 0.4) is 0 Å². The first-order valence-electron chi connectivity index (χ1n) is 12.0. The van der Waals surface area contributed by atoms with Gasteiger partial charge in [-0.1, -0.05) is 32.0 Å². The largest absolute Gasteiger partial charge is 0.480 e. The number of aromatic amines is 1. The van der Waals surface area contributed by atoms with Crippen molar-refractivity contribution in [3.05, 3.63) is 36.0 Å². The molecule has 3 amide bonds. The highest BCUT2D eigenvalue weighted by molar-refractivity contribution is 7.98. The smallest absolute Gasteiger partial charge is 0.325 e. The van der Waals surface area contributed by atoms with Crippen molar-refractivity contribution in [2.45, 2.75) is 64.2 Å². The number of aliphatic carboxylic acids is 1. The van der Waals surface area contributed by atoms with E-state index in [-0.39, 0.29) is 12.3 Å². The number of nitrogens with two attached hydrogens (primary N) is 1. The van der Waals surface area contributed by atoms with Crippen LogP contribution in [0.1, 0.15) is 39.2 Å². The van der Waals surface area contributed by atoms with Crippen molar-refractivity contribution in [1.82, 2.24) is 20.9 Å². The van der Waals surface area contributed by atoms with Gasteiger partial charge < -0.3 is 31.8 Å². The number of para-hydroxylation sites is 1. The molecule has 0 radical (unpaired) electrons. The molecular weight excluding hydrogens is 482 g/mol. The average Bonchev–Trinajstić information content (AvgIpc) is 3.23. The molecule has 0 spiro atoms. The minimum Gasteiger partial charge on any atom is -0.480 e. The number of carbonyl (C=O) groups excluding carboxylic acids is 3. The maximum absolute atomic E-state index is 13.4. The molecule has 0 saturated heterocycles. The maximum atomic E-state index is 13.4. The summed E-state index contributed by atoms with van der Waals surface area (Å²) < 4.78 is 0. The molecule has 0 bridgehead atoms. The Kier molecular flexibility index (Phi) is 11.3. The fourth-order valence-electron chi connectivity index (χ4n) is 3.74. The molecule has 1 aromatic heterocycles. The molecule has 0 aliphatic carbocycles. The quantitative estimate of drug-likeness (QED) is 0.219. The lowest BCUT2D eigenvalue weighted by atomic mass is 10.00. The summed E-state index contributed by atoms with van der Waals surface area (Å²) in [5.41, 5.74) is 7.76. The minimum absolute atomic E-state index is 0.0443. The van der Waals surface area contributed by atoms with Crippen LogP contribution >= 0.6 is 11.8 Å². The van der Waals surface area contributed by atoms with Gasteiger partial charge in [-0.3, -0.25) is 19.2 Å². The Morgan fingerprint density at radius 2 is 1.64 bits per heavy atom. The lowest BCUT2D eigenvalue weighted by Gasteiger charge is -2.25. The maximum Gasteiger partial charge on any atom is 0.325 e. The van der Waals surface area contributed by atoms with Crippen LogP contribution in [0.25, 0.3) is 10.9 Å². The number of hydrogen-bond donors (Lipinski definition) is 6. The summed E-state index contributed by atoms with van der Waals surface area (Å²) in [7, 11) is 0. The number of carbonyl (C=O) groups is 4. The molecule has 1 aromatic carbocycles. The Bertz CT molecular complexity index is 1060.